The second-order valence-corrected chi connectivity index (χ2v) is 3.98. The molecule has 1 aromatic rings. The van der Waals surface area contributed by atoms with E-state index in [1.807, 2.05) is 0 Å². The van der Waals surface area contributed by atoms with Gasteiger partial charge in [-0.2, -0.15) is 0 Å². The van der Waals surface area contributed by atoms with Gasteiger partial charge in [0.1, 0.15) is 0 Å². The fourth-order valence-corrected chi connectivity index (χ4v) is 1.22. The van der Waals surface area contributed by atoms with Gasteiger partial charge in [-0.25, -0.2) is 0 Å². The van der Waals surface area contributed by atoms with Crippen LogP contribution in [-0.2, 0) is 4.79 Å². The van der Waals surface area contributed by atoms with Crippen molar-refractivity contribution in [2.75, 3.05) is 5.32 Å². The van der Waals surface area contributed by atoms with Gasteiger partial charge in [0, 0.05) is 23.6 Å². The van der Waals surface area contributed by atoms with Crippen molar-refractivity contribution in [2.45, 2.75) is 12.8 Å². The average Bonchev–Trinajstić information content (AvgIpc) is 2.19. The number of hydrogen-bond acceptors (Lipinski definition) is 2. The van der Waals surface area contributed by atoms with Crippen molar-refractivity contribution in [3.05, 3.63) is 29.3 Å². The number of nitrogens with one attached hydrogen (secondary N) is 1. The summed E-state index contributed by atoms with van der Waals surface area (Å²) in [5.41, 5.74) is 6.00. The van der Waals surface area contributed by atoms with Gasteiger partial charge in [-0.15, -0.1) is 0 Å². The van der Waals surface area contributed by atoms with Crippen LogP contribution in [-0.4, -0.2) is 10.9 Å². The van der Waals surface area contributed by atoms with Gasteiger partial charge < -0.3 is 11.1 Å². The normalized spacial score (nSPS) is 9.67. The third kappa shape index (κ3) is 4.76. The number of benzene rings is 1. The summed E-state index contributed by atoms with van der Waals surface area (Å²) in [4.78, 5) is 11.7. The summed E-state index contributed by atoms with van der Waals surface area (Å²) >= 11 is 10.4. The van der Waals surface area contributed by atoms with E-state index in [9.17, 15) is 4.79 Å². The van der Waals surface area contributed by atoms with E-state index in [4.69, 9.17) is 17.3 Å². The first-order chi connectivity index (χ1) is 7.08. The fourth-order valence-electron chi connectivity index (χ4n) is 0.993. The average molecular weight is 243 g/mol. The van der Waals surface area contributed by atoms with E-state index in [0.29, 0.717) is 28.5 Å². The molecule has 1 amide bonds. The van der Waals surface area contributed by atoms with Crippen LogP contribution in [0.4, 0.5) is 5.69 Å². The molecular weight excluding hydrogens is 232 g/mol. The Morgan fingerprint density at radius 2 is 1.93 bits per heavy atom. The van der Waals surface area contributed by atoms with Crippen molar-refractivity contribution in [2.24, 2.45) is 5.73 Å². The van der Waals surface area contributed by atoms with Gasteiger partial charge in [-0.1, -0.05) is 23.8 Å². The Bertz CT molecular complexity index is 364. The molecule has 0 fully saturated rings. The molecule has 3 nitrogen and oxygen atoms in total. The largest absolute Gasteiger partial charge is 0.393 e. The maximum atomic E-state index is 11.3. The monoisotopic (exact) mass is 242 g/mol. The Kier molecular flexibility index (Phi) is 4.52. The summed E-state index contributed by atoms with van der Waals surface area (Å²) in [7, 11) is 0. The molecule has 0 heterocycles. The first-order valence-corrected chi connectivity index (χ1v) is 5.20. The van der Waals surface area contributed by atoms with Crippen molar-refractivity contribution in [3.8, 4) is 0 Å². The van der Waals surface area contributed by atoms with Crippen LogP contribution < -0.4 is 11.1 Å². The number of hydrogen-bond donors (Lipinski definition) is 2. The number of halogens is 1. The van der Waals surface area contributed by atoms with Crippen LogP contribution >= 0.6 is 23.8 Å². The number of thiocarbonyl (C=S) groups is 1. The van der Waals surface area contributed by atoms with Crippen LogP contribution in [0.15, 0.2) is 24.3 Å². The highest BCUT2D eigenvalue weighted by atomic mass is 35.5. The minimum atomic E-state index is -0.106. The molecule has 0 aromatic heterocycles. The summed E-state index contributed by atoms with van der Waals surface area (Å²) in [5.74, 6) is -0.106. The van der Waals surface area contributed by atoms with E-state index in [1.165, 1.54) is 0 Å². The molecule has 3 N–H and O–H groups in total. The van der Waals surface area contributed by atoms with E-state index in [0.717, 1.165) is 0 Å². The lowest BCUT2D eigenvalue weighted by atomic mass is 10.2. The molecule has 1 rings (SSSR count). The topological polar surface area (TPSA) is 55.1 Å². The molecule has 0 saturated carbocycles. The maximum Gasteiger partial charge on any atom is 0.224 e. The van der Waals surface area contributed by atoms with E-state index in [2.05, 4.69) is 17.5 Å². The molecule has 0 atom stereocenters. The van der Waals surface area contributed by atoms with Crippen LogP contribution in [0.3, 0.4) is 0 Å². The maximum absolute atomic E-state index is 11.3. The van der Waals surface area contributed by atoms with Gasteiger partial charge >= 0.3 is 0 Å². The lowest BCUT2D eigenvalue weighted by molar-refractivity contribution is -0.116. The highest BCUT2D eigenvalue weighted by Crippen LogP contribution is 2.13. The minimum absolute atomic E-state index is 0.106. The van der Waals surface area contributed by atoms with Crippen molar-refractivity contribution in [1.29, 1.82) is 0 Å². The molecule has 5 heteroatoms. The summed E-state index contributed by atoms with van der Waals surface area (Å²) in [6.07, 6.45) is 0.729. The van der Waals surface area contributed by atoms with Crippen LogP contribution in [0.5, 0.6) is 0 Å². The lowest BCUT2D eigenvalue weighted by Gasteiger charge is -2.04. The van der Waals surface area contributed by atoms with Crippen molar-refractivity contribution in [3.63, 3.8) is 0 Å². The summed E-state index contributed by atoms with van der Waals surface area (Å²) in [5, 5.41) is 3.35. The number of carbonyl (C=O) groups is 1. The van der Waals surface area contributed by atoms with Crippen LogP contribution in [0.1, 0.15) is 12.8 Å². The first-order valence-electron chi connectivity index (χ1n) is 4.41. The van der Waals surface area contributed by atoms with Crippen molar-refractivity contribution in [1.82, 2.24) is 0 Å². The van der Waals surface area contributed by atoms with E-state index in [-0.39, 0.29) is 5.91 Å². The third-order valence-corrected chi connectivity index (χ3v) is 2.18. The van der Waals surface area contributed by atoms with E-state index < -0.39 is 0 Å². The Balaban J connectivity index is 2.44. The second-order valence-electron chi connectivity index (χ2n) is 3.02. The van der Waals surface area contributed by atoms with Gasteiger partial charge in [0.25, 0.3) is 0 Å². The Morgan fingerprint density at radius 1 is 1.33 bits per heavy atom. The zero-order chi connectivity index (χ0) is 11.3. The van der Waals surface area contributed by atoms with Crippen molar-refractivity contribution >= 4 is 40.4 Å². The lowest BCUT2D eigenvalue weighted by Crippen LogP contribution is -2.15. The highest BCUT2D eigenvalue weighted by molar-refractivity contribution is 7.80. The highest BCUT2D eigenvalue weighted by Gasteiger charge is 2.02. The number of amides is 1. The molecule has 0 unspecified atom stereocenters. The Labute approximate surface area is 98.6 Å². The first kappa shape index (κ1) is 11.9. The molecule has 1 aromatic carbocycles. The fraction of sp³-hybridized carbons (Fsp3) is 0.200. The molecule has 0 aliphatic heterocycles. The van der Waals surface area contributed by atoms with E-state index in [1.54, 1.807) is 24.3 Å². The zero-order valence-corrected chi connectivity index (χ0v) is 9.57. The van der Waals surface area contributed by atoms with Gasteiger partial charge in [-0.3, -0.25) is 4.79 Å². The molecule has 0 spiro atoms. The molecular formula is C10H11ClN2OS. The SMILES string of the molecule is NC(=S)CCC(=O)Nc1ccc(Cl)cc1. The summed E-state index contributed by atoms with van der Waals surface area (Å²) in [6.45, 7) is 0. The molecule has 15 heavy (non-hydrogen) atoms. The molecule has 0 saturated heterocycles. The Morgan fingerprint density at radius 3 is 2.47 bits per heavy atom. The van der Waals surface area contributed by atoms with Crippen LogP contribution in [0, 0.1) is 0 Å². The molecule has 0 bridgehead atoms. The van der Waals surface area contributed by atoms with Gasteiger partial charge in [0.15, 0.2) is 0 Å². The number of rotatable bonds is 4. The van der Waals surface area contributed by atoms with Crippen LogP contribution in [0.25, 0.3) is 0 Å². The van der Waals surface area contributed by atoms with E-state index >= 15 is 0 Å². The van der Waals surface area contributed by atoms with Crippen LogP contribution in [0.2, 0.25) is 5.02 Å². The molecule has 0 aliphatic rings. The minimum Gasteiger partial charge on any atom is -0.393 e. The summed E-state index contributed by atoms with van der Waals surface area (Å²) < 4.78 is 0. The smallest absolute Gasteiger partial charge is 0.224 e. The predicted molar refractivity (Wildman–Crippen MR) is 66.1 cm³/mol. The van der Waals surface area contributed by atoms with Gasteiger partial charge in [0.2, 0.25) is 5.91 Å². The standard InChI is InChI=1S/C10H11ClN2OS/c11-7-1-3-8(4-2-7)13-10(14)6-5-9(12)15/h1-4H,5-6H2,(H2,12,15)(H,13,14). The van der Waals surface area contributed by atoms with Gasteiger partial charge in [-0.05, 0) is 24.3 Å². The number of anilines is 1. The van der Waals surface area contributed by atoms with Gasteiger partial charge in [0.05, 0.1) is 4.99 Å². The zero-order valence-electron chi connectivity index (χ0n) is 8.00. The third-order valence-electron chi connectivity index (χ3n) is 1.73. The quantitative estimate of drug-likeness (QED) is 0.797. The second kappa shape index (κ2) is 5.68. The molecule has 0 radical (unpaired) electrons. The molecule has 80 valence electrons. The number of nitrogens with two attached hydrogens (primary N) is 1. The summed E-state index contributed by atoms with van der Waals surface area (Å²) in [6, 6.07) is 6.90. The van der Waals surface area contributed by atoms with Crippen molar-refractivity contribution < 1.29 is 4.79 Å². The number of carbonyl (C=O) groups excluding carboxylic acids is 1. The molecule has 0 aliphatic carbocycles. The predicted octanol–water partition coefficient (Wildman–Crippen LogP) is 2.34. The Hall–Kier alpha value is -1.13.